The van der Waals surface area contributed by atoms with Crippen LogP contribution in [-0.2, 0) is 12.6 Å². The van der Waals surface area contributed by atoms with Crippen LogP contribution in [0.2, 0.25) is 0 Å². The predicted octanol–water partition coefficient (Wildman–Crippen LogP) is 5.57. The number of amides is 2. The van der Waals surface area contributed by atoms with Crippen molar-refractivity contribution in [2.75, 3.05) is 18.5 Å². The number of likely N-dealkylation sites (tertiary alicyclic amines) is 1. The number of nitrogens with zero attached hydrogens (tertiary/aromatic N) is 1. The second-order valence-corrected chi connectivity index (χ2v) is 7.61. The van der Waals surface area contributed by atoms with E-state index in [2.05, 4.69) is 10.9 Å². The molecule has 1 fully saturated rings. The molecule has 30 heavy (non-hydrogen) atoms. The summed E-state index contributed by atoms with van der Waals surface area (Å²) < 4.78 is 52.8. The maximum Gasteiger partial charge on any atom is 0.416 e. The molecule has 0 radical (unpaired) electrons. The van der Waals surface area contributed by atoms with Crippen molar-refractivity contribution in [2.24, 2.45) is 0 Å². The van der Waals surface area contributed by atoms with Crippen LogP contribution in [0.1, 0.15) is 36.8 Å². The Morgan fingerprint density at radius 2 is 1.63 bits per heavy atom. The highest BCUT2D eigenvalue weighted by atomic mass is 19.4. The second kappa shape index (κ2) is 9.36. The number of anilines is 1. The lowest BCUT2D eigenvalue weighted by Gasteiger charge is -2.36. The molecule has 2 N–H and O–H groups in total. The van der Waals surface area contributed by atoms with Crippen molar-refractivity contribution in [2.45, 2.75) is 43.9 Å². The van der Waals surface area contributed by atoms with Gasteiger partial charge in [0.15, 0.2) is 0 Å². The summed E-state index contributed by atoms with van der Waals surface area (Å²) in [6.45, 7) is 0.588. The number of carbonyl (C=O) groups excluding carboxylic acids is 1. The number of hydrogen-bond acceptors (Lipinski definition) is 2. The van der Waals surface area contributed by atoms with Gasteiger partial charge in [0, 0.05) is 13.1 Å². The molecule has 1 aliphatic rings. The fourth-order valence-corrected chi connectivity index (χ4v) is 3.56. The van der Waals surface area contributed by atoms with Crippen molar-refractivity contribution in [1.82, 2.24) is 10.3 Å². The lowest BCUT2D eigenvalue weighted by molar-refractivity contribution is -0.137. The van der Waals surface area contributed by atoms with E-state index in [1.807, 2.05) is 30.3 Å². The first kappa shape index (κ1) is 21.9. The molecule has 1 aliphatic heterocycles. The smallest absolute Gasteiger partial charge is 0.323 e. The number of hydrazine groups is 1. The Hall–Kier alpha value is -2.77. The molecule has 1 saturated heterocycles. The summed E-state index contributed by atoms with van der Waals surface area (Å²) in [4.78, 5) is 13.8. The predicted molar refractivity (Wildman–Crippen MR) is 108 cm³/mol. The SMILES string of the molecule is O=C(NNc1ccc(C(F)(F)F)cc1)N1CCC(F)(CCCc2ccccc2)CC1. The molecule has 2 aromatic carbocycles. The minimum Gasteiger partial charge on any atom is -0.323 e. The van der Waals surface area contributed by atoms with Gasteiger partial charge in [0.1, 0.15) is 5.67 Å². The summed E-state index contributed by atoms with van der Waals surface area (Å²) in [6, 6.07) is 13.9. The van der Waals surface area contributed by atoms with Crippen LogP contribution in [0, 0.1) is 0 Å². The monoisotopic (exact) mass is 423 g/mol. The van der Waals surface area contributed by atoms with Gasteiger partial charge in [-0.25, -0.2) is 9.18 Å². The third-order valence-electron chi connectivity index (χ3n) is 5.41. The molecule has 0 aromatic heterocycles. The van der Waals surface area contributed by atoms with E-state index in [4.69, 9.17) is 0 Å². The number of aryl methyl sites for hydroxylation is 1. The Morgan fingerprint density at radius 3 is 2.23 bits per heavy atom. The molecule has 2 aromatic rings. The van der Waals surface area contributed by atoms with Gasteiger partial charge in [-0.1, -0.05) is 30.3 Å². The molecule has 0 atom stereocenters. The van der Waals surface area contributed by atoms with E-state index in [-0.39, 0.29) is 12.8 Å². The van der Waals surface area contributed by atoms with Gasteiger partial charge < -0.3 is 4.90 Å². The lowest BCUT2D eigenvalue weighted by atomic mass is 9.87. The molecule has 1 heterocycles. The highest BCUT2D eigenvalue weighted by molar-refractivity contribution is 5.75. The molecule has 3 rings (SSSR count). The van der Waals surface area contributed by atoms with Crippen molar-refractivity contribution >= 4 is 11.7 Å². The zero-order valence-electron chi connectivity index (χ0n) is 16.5. The van der Waals surface area contributed by atoms with Crippen molar-refractivity contribution in [3.63, 3.8) is 0 Å². The zero-order valence-corrected chi connectivity index (χ0v) is 16.5. The highest BCUT2D eigenvalue weighted by Crippen LogP contribution is 2.32. The van der Waals surface area contributed by atoms with Crippen LogP contribution >= 0.6 is 0 Å². The summed E-state index contributed by atoms with van der Waals surface area (Å²) in [5, 5.41) is 0. The molecule has 2 amide bonds. The van der Waals surface area contributed by atoms with Gasteiger partial charge in [-0.15, -0.1) is 0 Å². The molecule has 0 saturated carbocycles. The van der Waals surface area contributed by atoms with Gasteiger partial charge in [-0.2, -0.15) is 13.2 Å². The third-order valence-corrected chi connectivity index (χ3v) is 5.41. The van der Waals surface area contributed by atoms with E-state index in [9.17, 15) is 18.0 Å². The number of halogens is 4. The van der Waals surface area contributed by atoms with Crippen molar-refractivity contribution in [1.29, 1.82) is 0 Å². The molecule has 8 heteroatoms. The lowest BCUT2D eigenvalue weighted by Crippen LogP contribution is -2.49. The quantitative estimate of drug-likeness (QED) is 0.471. The molecule has 0 bridgehead atoms. The van der Waals surface area contributed by atoms with E-state index in [1.165, 1.54) is 22.6 Å². The number of hydrogen-bond donors (Lipinski definition) is 2. The van der Waals surface area contributed by atoms with Crippen LogP contribution in [0.3, 0.4) is 0 Å². The first-order valence-electron chi connectivity index (χ1n) is 9.96. The third kappa shape index (κ3) is 6.11. The maximum absolute atomic E-state index is 15.0. The van der Waals surface area contributed by atoms with Crippen molar-refractivity contribution < 1.29 is 22.4 Å². The highest BCUT2D eigenvalue weighted by Gasteiger charge is 2.35. The van der Waals surface area contributed by atoms with Gasteiger partial charge in [0.05, 0.1) is 11.3 Å². The summed E-state index contributed by atoms with van der Waals surface area (Å²) in [5.74, 6) is 0. The Labute approximate surface area is 173 Å². The number of carbonyl (C=O) groups is 1. The summed E-state index contributed by atoms with van der Waals surface area (Å²) in [6.07, 6.45) is -1.82. The van der Waals surface area contributed by atoms with Crippen LogP contribution < -0.4 is 10.9 Å². The number of rotatable bonds is 6. The minimum atomic E-state index is -4.41. The topological polar surface area (TPSA) is 44.4 Å². The zero-order chi connectivity index (χ0) is 21.6. The minimum absolute atomic E-state index is 0.273. The normalized spacial score (nSPS) is 16.2. The molecular weight excluding hydrogens is 398 g/mol. The average Bonchev–Trinajstić information content (AvgIpc) is 2.73. The number of piperidine rings is 1. The number of alkyl halides is 4. The second-order valence-electron chi connectivity index (χ2n) is 7.61. The summed E-state index contributed by atoms with van der Waals surface area (Å²) >= 11 is 0. The van der Waals surface area contributed by atoms with Crippen LogP contribution in [0.4, 0.5) is 28.0 Å². The number of urea groups is 1. The first-order valence-corrected chi connectivity index (χ1v) is 9.96. The van der Waals surface area contributed by atoms with E-state index < -0.39 is 23.4 Å². The van der Waals surface area contributed by atoms with E-state index in [1.54, 1.807) is 0 Å². The fraction of sp³-hybridized carbons (Fsp3) is 0.409. The van der Waals surface area contributed by atoms with E-state index in [0.717, 1.165) is 25.0 Å². The molecule has 0 unspecified atom stereocenters. The van der Waals surface area contributed by atoms with Crippen LogP contribution in [0.25, 0.3) is 0 Å². The Balaban J connectivity index is 1.40. The Bertz CT molecular complexity index is 817. The standard InChI is InChI=1S/C22H25F4N3O/c23-21(12-4-7-17-5-2-1-3-6-17)13-15-29(16-14-21)20(30)28-27-19-10-8-18(9-11-19)22(24,25)26/h1-3,5-6,8-11,27H,4,7,12-16H2,(H,28,30). The van der Waals surface area contributed by atoms with Crippen LogP contribution in [0.15, 0.2) is 54.6 Å². The summed E-state index contributed by atoms with van der Waals surface area (Å²) in [7, 11) is 0. The average molecular weight is 423 g/mol. The number of benzene rings is 2. The van der Waals surface area contributed by atoms with Gasteiger partial charge in [-0.05, 0) is 61.9 Å². The Kier molecular flexibility index (Phi) is 6.84. The van der Waals surface area contributed by atoms with Gasteiger partial charge >= 0.3 is 12.2 Å². The fourth-order valence-electron chi connectivity index (χ4n) is 3.56. The van der Waals surface area contributed by atoms with Gasteiger partial charge in [-0.3, -0.25) is 10.9 Å². The van der Waals surface area contributed by atoms with Crippen LogP contribution in [-0.4, -0.2) is 29.7 Å². The van der Waals surface area contributed by atoms with E-state index in [0.29, 0.717) is 25.2 Å². The molecule has 4 nitrogen and oxygen atoms in total. The first-order chi connectivity index (χ1) is 14.3. The maximum atomic E-state index is 15.0. The number of nitrogens with one attached hydrogen (secondary N) is 2. The van der Waals surface area contributed by atoms with Gasteiger partial charge in [0.25, 0.3) is 0 Å². The molecular formula is C22H25F4N3O. The van der Waals surface area contributed by atoms with Crippen LogP contribution in [0.5, 0.6) is 0 Å². The molecule has 0 aliphatic carbocycles. The molecule has 0 spiro atoms. The van der Waals surface area contributed by atoms with E-state index >= 15 is 4.39 Å². The Morgan fingerprint density at radius 1 is 1.00 bits per heavy atom. The summed E-state index contributed by atoms with van der Waals surface area (Å²) in [5.41, 5.74) is 4.53. The van der Waals surface area contributed by atoms with Crippen molar-refractivity contribution in [3.8, 4) is 0 Å². The van der Waals surface area contributed by atoms with Crippen molar-refractivity contribution in [3.05, 3.63) is 65.7 Å². The molecule has 162 valence electrons. The van der Waals surface area contributed by atoms with Gasteiger partial charge in [0.2, 0.25) is 0 Å². The largest absolute Gasteiger partial charge is 0.416 e.